The number of nitrogens with one attached hydrogen (secondary N) is 3. The number of fused-ring (bicyclic) bond motifs is 1. The molecule has 0 spiro atoms. The molecular formula is C22H26N4O5. The summed E-state index contributed by atoms with van der Waals surface area (Å²) >= 11 is 0. The molecule has 0 unspecified atom stereocenters. The number of amides is 2. The van der Waals surface area contributed by atoms with E-state index >= 15 is 0 Å². The summed E-state index contributed by atoms with van der Waals surface area (Å²) in [6.07, 6.45) is 1.44. The number of imidazole rings is 1. The smallest absolute Gasteiger partial charge is 0.251 e. The van der Waals surface area contributed by atoms with Crippen LogP contribution in [0.2, 0.25) is 0 Å². The van der Waals surface area contributed by atoms with E-state index in [1.165, 1.54) is 33.5 Å². The van der Waals surface area contributed by atoms with Crippen LogP contribution in [0.15, 0.2) is 36.4 Å². The second-order valence-corrected chi connectivity index (χ2v) is 6.75. The lowest BCUT2D eigenvalue weighted by atomic mass is 10.1. The Morgan fingerprint density at radius 2 is 1.71 bits per heavy atom. The molecule has 3 aromatic rings. The summed E-state index contributed by atoms with van der Waals surface area (Å²) in [4.78, 5) is 32.3. The number of benzene rings is 2. The fourth-order valence-corrected chi connectivity index (χ4v) is 3.14. The predicted octanol–water partition coefficient (Wildman–Crippen LogP) is 2.07. The third kappa shape index (κ3) is 5.44. The molecule has 0 saturated heterocycles. The van der Waals surface area contributed by atoms with Crippen LogP contribution in [0, 0.1) is 0 Å². The lowest BCUT2D eigenvalue weighted by Gasteiger charge is -2.14. The van der Waals surface area contributed by atoms with Gasteiger partial charge in [-0.05, 0) is 30.7 Å². The Hall–Kier alpha value is -3.75. The number of carbonyl (C=O) groups excluding carboxylic acids is 2. The molecule has 2 amide bonds. The first kappa shape index (κ1) is 21.9. The van der Waals surface area contributed by atoms with Gasteiger partial charge in [0.2, 0.25) is 11.7 Å². The van der Waals surface area contributed by atoms with E-state index in [1.807, 2.05) is 24.3 Å². The van der Waals surface area contributed by atoms with E-state index in [4.69, 9.17) is 14.2 Å². The fourth-order valence-electron chi connectivity index (χ4n) is 3.14. The SMILES string of the molecule is COc1cc(C(=O)NCC(=O)NCCCc2nc3ccccc3[nH]2)cc(OC)c1OC. The van der Waals surface area contributed by atoms with Gasteiger partial charge in [-0.25, -0.2) is 4.98 Å². The molecule has 2 aromatic carbocycles. The Kier molecular flexibility index (Phi) is 7.31. The summed E-state index contributed by atoms with van der Waals surface area (Å²) in [6, 6.07) is 10.9. The first-order valence-corrected chi connectivity index (χ1v) is 9.84. The Morgan fingerprint density at radius 3 is 2.35 bits per heavy atom. The van der Waals surface area contributed by atoms with Crippen LogP contribution in [0.4, 0.5) is 0 Å². The first-order chi connectivity index (χ1) is 15.0. The van der Waals surface area contributed by atoms with Crippen LogP contribution in [0.25, 0.3) is 11.0 Å². The van der Waals surface area contributed by atoms with Gasteiger partial charge in [-0.2, -0.15) is 0 Å². The van der Waals surface area contributed by atoms with Crippen LogP contribution in [-0.2, 0) is 11.2 Å². The van der Waals surface area contributed by atoms with Crippen molar-refractivity contribution in [3.8, 4) is 17.2 Å². The highest BCUT2D eigenvalue weighted by molar-refractivity contribution is 5.97. The zero-order valence-electron chi connectivity index (χ0n) is 17.8. The van der Waals surface area contributed by atoms with Gasteiger partial charge in [-0.15, -0.1) is 0 Å². The van der Waals surface area contributed by atoms with Crippen LogP contribution in [0.1, 0.15) is 22.6 Å². The molecule has 0 aliphatic rings. The maximum Gasteiger partial charge on any atom is 0.251 e. The lowest BCUT2D eigenvalue weighted by Crippen LogP contribution is -2.37. The Bertz CT molecular complexity index is 1000. The quantitative estimate of drug-likeness (QED) is 0.428. The summed E-state index contributed by atoms with van der Waals surface area (Å²) < 4.78 is 15.7. The maximum absolute atomic E-state index is 12.4. The number of methoxy groups -OCH3 is 3. The topological polar surface area (TPSA) is 115 Å². The van der Waals surface area contributed by atoms with Gasteiger partial charge in [0.25, 0.3) is 5.91 Å². The molecule has 9 heteroatoms. The zero-order chi connectivity index (χ0) is 22.2. The highest BCUT2D eigenvalue weighted by atomic mass is 16.5. The predicted molar refractivity (Wildman–Crippen MR) is 116 cm³/mol. The third-order valence-electron chi connectivity index (χ3n) is 4.69. The number of H-pyrrole nitrogens is 1. The van der Waals surface area contributed by atoms with Crippen molar-refractivity contribution < 1.29 is 23.8 Å². The molecule has 0 radical (unpaired) electrons. The number of para-hydroxylation sites is 2. The second-order valence-electron chi connectivity index (χ2n) is 6.75. The molecule has 0 aliphatic heterocycles. The van der Waals surface area contributed by atoms with Gasteiger partial charge in [0.15, 0.2) is 11.5 Å². The van der Waals surface area contributed by atoms with Crippen molar-refractivity contribution in [3.63, 3.8) is 0 Å². The van der Waals surface area contributed by atoms with Crippen molar-refractivity contribution >= 4 is 22.8 Å². The van der Waals surface area contributed by atoms with E-state index in [2.05, 4.69) is 20.6 Å². The minimum atomic E-state index is -0.420. The van der Waals surface area contributed by atoms with Crippen LogP contribution < -0.4 is 24.8 Å². The molecule has 1 aromatic heterocycles. The number of aromatic nitrogens is 2. The number of aromatic amines is 1. The molecule has 0 aliphatic carbocycles. The normalized spacial score (nSPS) is 10.5. The van der Waals surface area contributed by atoms with Crippen molar-refractivity contribution in [1.82, 2.24) is 20.6 Å². The summed E-state index contributed by atoms with van der Waals surface area (Å²) in [5, 5.41) is 5.39. The molecule has 0 atom stereocenters. The standard InChI is InChI=1S/C22H26N4O5/c1-29-17-11-14(12-18(30-2)21(17)31-3)22(28)24-13-20(27)23-10-6-9-19-25-15-7-4-5-8-16(15)26-19/h4-5,7-8,11-12H,6,9-10,13H2,1-3H3,(H,23,27)(H,24,28)(H,25,26). The van der Waals surface area contributed by atoms with Crippen LogP contribution in [0.3, 0.4) is 0 Å². The molecular weight excluding hydrogens is 400 g/mol. The molecule has 0 fully saturated rings. The highest BCUT2D eigenvalue weighted by Gasteiger charge is 2.17. The third-order valence-corrected chi connectivity index (χ3v) is 4.69. The van der Waals surface area contributed by atoms with E-state index in [-0.39, 0.29) is 12.5 Å². The number of aryl methyl sites for hydroxylation is 1. The average molecular weight is 426 g/mol. The van der Waals surface area contributed by atoms with Crippen molar-refractivity contribution in [2.24, 2.45) is 0 Å². The van der Waals surface area contributed by atoms with E-state index in [9.17, 15) is 9.59 Å². The summed E-state index contributed by atoms with van der Waals surface area (Å²) in [5.74, 6) is 1.31. The van der Waals surface area contributed by atoms with Gasteiger partial charge in [0.05, 0.1) is 38.9 Å². The van der Waals surface area contributed by atoms with E-state index < -0.39 is 5.91 Å². The molecule has 3 rings (SSSR count). The fraction of sp³-hybridized carbons (Fsp3) is 0.318. The van der Waals surface area contributed by atoms with Crippen LogP contribution >= 0.6 is 0 Å². The lowest BCUT2D eigenvalue weighted by molar-refractivity contribution is -0.120. The largest absolute Gasteiger partial charge is 0.493 e. The minimum Gasteiger partial charge on any atom is -0.493 e. The molecule has 0 bridgehead atoms. The van der Waals surface area contributed by atoms with Gasteiger partial charge < -0.3 is 29.8 Å². The van der Waals surface area contributed by atoms with Crippen molar-refractivity contribution in [3.05, 3.63) is 47.8 Å². The van der Waals surface area contributed by atoms with E-state index in [0.717, 1.165) is 23.3 Å². The molecule has 31 heavy (non-hydrogen) atoms. The van der Waals surface area contributed by atoms with Crippen molar-refractivity contribution in [2.45, 2.75) is 12.8 Å². The highest BCUT2D eigenvalue weighted by Crippen LogP contribution is 2.38. The number of ether oxygens (including phenoxy) is 3. The Balaban J connectivity index is 1.45. The molecule has 1 heterocycles. The van der Waals surface area contributed by atoms with Crippen molar-refractivity contribution in [1.29, 1.82) is 0 Å². The van der Waals surface area contributed by atoms with Gasteiger partial charge in [0, 0.05) is 18.5 Å². The molecule has 0 saturated carbocycles. The van der Waals surface area contributed by atoms with Gasteiger partial charge in [-0.3, -0.25) is 9.59 Å². The van der Waals surface area contributed by atoms with Gasteiger partial charge in [0.1, 0.15) is 5.82 Å². The Labute approximate surface area is 180 Å². The summed E-state index contributed by atoms with van der Waals surface area (Å²) in [6.45, 7) is 0.343. The number of rotatable bonds is 10. The Morgan fingerprint density at radius 1 is 1.00 bits per heavy atom. The monoisotopic (exact) mass is 426 g/mol. The summed E-state index contributed by atoms with van der Waals surface area (Å²) in [7, 11) is 4.42. The number of carbonyl (C=O) groups is 2. The van der Waals surface area contributed by atoms with E-state index in [1.54, 1.807) is 0 Å². The molecule has 3 N–H and O–H groups in total. The number of hydrogen-bond acceptors (Lipinski definition) is 6. The average Bonchev–Trinajstić information content (AvgIpc) is 3.22. The minimum absolute atomic E-state index is 0.139. The second kappa shape index (κ2) is 10.3. The zero-order valence-corrected chi connectivity index (χ0v) is 17.8. The number of nitrogens with zero attached hydrogens (tertiary/aromatic N) is 1. The van der Waals surface area contributed by atoms with Crippen molar-refractivity contribution in [2.75, 3.05) is 34.4 Å². The summed E-state index contributed by atoms with van der Waals surface area (Å²) in [5.41, 5.74) is 2.22. The number of hydrogen-bond donors (Lipinski definition) is 3. The molecule has 9 nitrogen and oxygen atoms in total. The van der Waals surface area contributed by atoms with Gasteiger partial charge in [-0.1, -0.05) is 12.1 Å². The van der Waals surface area contributed by atoms with E-state index in [0.29, 0.717) is 35.8 Å². The first-order valence-electron chi connectivity index (χ1n) is 9.84. The molecule has 164 valence electrons. The van der Waals surface area contributed by atoms with Crippen LogP contribution in [-0.4, -0.2) is 56.2 Å². The maximum atomic E-state index is 12.4. The van der Waals surface area contributed by atoms with Crippen LogP contribution in [0.5, 0.6) is 17.2 Å². The van der Waals surface area contributed by atoms with Gasteiger partial charge >= 0.3 is 0 Å².